The van der Waals surface area contributed by atoms with E-state index in [1.54, 1.807) is 26.5 Å². The van der Waals surface area contributed by atoms with Crippen LogP contribution in [0, 0.1) is 0 Å². The van der Waals surface area contributed by atoms with Crippen molar-refractivity contribution in [2.24, 2.45) is 0 Å². The number of hydrogen-bond donors (Lipinski definition) is 1. The molecular weight excluding hydrogens is 398 g/mol. The second kappa shape index (κ2) is 7.88. The number of pyridine rings is 1. The summed E-state index contributed by atoms with van der Waals surface area (Å²) in [4.78, 5) is 18.1. The van der Waals surface area contributed by atoms with Crippen LogP contribution in [0.2, 0.25) is 0 Å². The van der Waals surface area contributed by atoms with Crippen LogP contribution in [-0.4, -0.2) is 30.7 Å². The molecule has 1 unspecified atom stereocenters. The van der Waals surface area contributed by atoms with Crippen LogP contribution in [0.25, 0.3) is 5.65 Å². The largest absolute Gasteiger partial charge is 0.493 e. The molecule has 0 saturated carbocycles. The van der Waals surface area contributed by atoms with Crippen LogP contribution in [0.15, 0.2) is 51.9 Å². The molecule has 1 aromatic carbocycles. The maximum atomic E-state index is 12.3. The minimum absolute atomic E-state index is 0.0851. The van der Waals surface area contributed by atoms with Crippen molar-refractivity contribution in [1.82, 2.24) is 9.38 Å². The molecule has 0 aliphatic carbocycles. The summed E-state index contributed by atoms with van der Waals surface area (Å²) in [6.07, 6.45) is 1.73. The van der Waals surface area contributed by atoms with Gasteiger partial charge in [0.1, 0.15) is 24.4 Å². The van der Waals surface area contributed by atoms with Crippen molar-refractivity contribution in [3.05, 3.63) is 68.7 Å². The van der Waals surface area contributed by atoms with Crippen molar-refractivity contribution >= 4 is 21.6 Å². The second-order valence-corrected chi connectivity index (χ2v) is 7.04. The van der Waals surface area contributed by atoms with Gasteiger partial charge in [0, 0.05) is 16.7 Å². The van der Waals surface area contributed by atoms with Gasteiger partial charge in [0.05, 0.1) is 26.8 Å². The molecule has 6 nitrogen and oxygen atoms in total. The highest BCUT2D eigenvalue weighted by atomic mass is 79.9. The third kappa shape index (κ3) is 3.89. The number of nitrogens with zero attached hydrogens (tertiary/aromatic N) is 2. The molecule has 7 heteroatoms. The van der Waals surface area contributed by atoms with Crippen molar-refractivity contribution < 1.29 is 14.4 Å². The maximum absolute atomic E-state index is 12.3. The van der Waals surface area contributed by atoms with E-state index in [-0.39, 0.29) is 5.56 Å². The number of nitrogens with one attached hydrogen (secondary N) is 1. The van der Waals surface area contributed by atoms with E-state index in [0.29, 0.717) is 17.9 Å². The standard InChI is InChI=1S/C19H20BrN3O3/c1-22(10-13-5-4-6-16(25-2)19(13)26-3)12-15-9-18(24)23-11-14(20)7-8-17(23)21-15/h4-9,11H,10,12H2,1-3H3/p+1. The molecule has 0 aliphatic heterocycles. The molecule has 0 bridgehead atoms. The average Bonchev–Trinajstić information content (AvgIpc) is 2.62. The highest BCUT2D eigenvalue weighted by Crippen LogP contribution is 2.30. The Morgan fingerprint density at radius 3 is 2.69 bits per heavy atom. The summed E-state index contributed by atoms with van der Waals surface area (Å²) in [7, 11) is 5.33. The lowest BCUT2D eigenvalue weighted by Gasteiger charge is -2.17. The predicted octanol–water partition coefficient (Wildman–Crippen LogP) is 1.69. The number of halogens is 1. The Labute approximate surface area is 160 Å². The van der Waals surface area contributed by atoms with E-state index in [9.17, 15) is 4.79 Å². The lowest BCUT2D eigenvalue weighted by atomic mass is 10.1. The van der Waals surface area contributed by atoms with Gasteiger partial charge in [-0.15, -0.1) is 0 Å². The Morgan fingerprint density at radius 2 is 1.96 bits per heavy atom. The van der Waals surface area contributed by atoms with E-state index in [0.717, 1.165) is 28.0 Å². The van der Waals surface area contributed by atoms with Crippen LogP contribution in [0.3, 0.4) is 0 Å². The van der Waals surface area contributed by atoms with Crippen molar-refractivity contribution in [1.29, 1.82) is 0 Å². The number of benzene rings is 1. The molecule has 1 N–H and O–H groups in total. The molecule has 0 saturated heterocycles. The van der Waals surface area contributed by atoms with E-state index in [1.807, 2.05) is 30.3 Å². The Kier molecular flexibility index (Phi) is 5.58. The Morgan fingerprint density at radius 1 is 1.15 bits per heavy atom. The Balaban J connectivity index is 1.83. The molecule has 0 radical (unpaired) electrons. The van der Waals surface area contributed by atoms with Crippen LogP contribution < -0.4 is 19.9 Å². The number of methoxy groups -OCH3 is 2. The van der Waals surface area contributed by atoms with Crippen LogP contribution in [0.1, 0.15) is 11.3 Å². The molecule has 0 amide bonds. The van der Waals surface area contributed by atoms with E-state index in [4.69, 9.17) is 9.47 Å². The van der Waals surface area contributed by atoms with Crippen LogP contribution in [0.5, 0.6) is 11.5 Å². The summed E-state index contributed by atoms with van der Waals surface area (Å²) in [5.74, 6) is 1.45. The van der Waals surface area contributed by atoms with Crippen molar-refractivity contribution in [3.8, 4) is 11.5 Å². The van der Waals surface area contributed by atoms with E-state index in [2.05, 4.69) is 28.0 Å². The fourth-order valence-electron chi connectivity index (χ4n) is 3.01. The van der Waals surface area contributed by atoms with Gasteiger partial charge in [0.25, 0.3) is 5.56 Å². The average molecular weight is 419 g/mol. The van der Waals surface area contributed by atoms with Gasteiger partial charge >= 0.3 is 0 Å². The van der Waals surface area contributed by atoms with E-state index >= 15 is 0 Å². The highest BCUT2D eigenvalue weighted by molar-refractivity contribution is 9.10. The summed E-state index contributed by atoms with van der Waals surface area (Å²) in [5, 5.41) is 0. The van der Waals surface area contributed by atoms with Gasteiger partial charge in [0.15, 0.2) is 11.5 Å². The van der Waals surface area contributed by atoms with Crippen LogP contribution >= 0.6 is 15.9 Å². The number of rotatable bonds is 6. The van der Waals surface area contributed by atoms with Gasteiger partial charge in [-0.3, -0.25) is 9.20 Å². The topological polar surface area (TPSA) is 57.3 Å². The summed E-state index contributed by atoms with van der Waals surface area (Å²) < 4.78 is 13.2. The van der Waals surface area contributed by atoms with Gasteiger partial charge in [-0.05, 0) is 40.2 Å². The maximum Gasteiger partial charge on any atom is 0.258 e. The summed E-state index contributed by atoms with van der Waals surface area (Å²) >= 11 is 3.37. The number of ether oxygens (including phenoxy) is 2. The van der Waals surface area contributed by atoms with Gasteiger partial charge in [0.2, 0.25) is 0 Å². The lowest BCUT2D eigenvalue weighted by molar-refractivity contribution is -0.908. The molecule has 3 aromatic rings. The molecule has 3 rings (SSSR count). The minimum Gasteiger partial charge on any atom is -0.493 e. The molecule has 136 valence electrons. The van der Waals surface area contributed by atoms with Crippen molar-refractivity contribution in [2.45, 2.75) is 13.1 Å². The lowest BCUT2D eigenvalue weighted by Crippen LogP contribution is -3.06. The zero-order valence-corrected chi connectivity index (χ0v) is 16.5. The van der Waals surface area contributed by atoms with Gasteiger partial charge in [-0.1, -0.05) is 6.07 Å². The first kappa shape index (κ1) is 18.4. The highest BCUT2D eigenvalue weighted by Gasteiger charge is 2.15. The molecule has 1 atom stereocenters. The predicted molar refractivity (Wildman–Crippen MR) is 103 cm³/mol. The molecule has 2 heterocycles. The summed E-state index contributed by atoms with van der Waals surface area (Å²) in [6, 6.07) is 11.1. The smallest absolute Gasteiger partial charge is 0.258 e. The molecule has 26 heavy (non-hydrogen) atoms. The summed E-state index contributed by atoms with van der Waals surface area (Å²) in [6.45, 7) is 1.35. The van der Waals surface area contributed by atoms with Gasteiger partial charge in [-0.2, -0.15) is 0 Å². The quantitative estimate of drug-likeness (QED) is 0.661. The third-order valence-electron chi connectivity index (χ3n) is 4.14. The fraction of sp³-hybridized carbons (Fsp3) is 0.263. The first-order chi connectivity index (χ1) is 12.5. The zero-order chi connectivity index (χ0) is 18.7. The minimum atomic E-state index is -0.0851. The first-order valence-corrected chi connectivity index (χ1v) is 9.00. The van der Waals surface area contributed by atoms with Gasteiger partial charge in [-0.25, -0.2) is 4.98 Å². The molecule has 0 fully saturated rings. The SMILES string of the molecule is COc1cccc(C[NH+](C)Cc2cc(=O)n3cc(Br)ccc3n2)c1OC. The van der Waals surface area contributed by atoms with E-state index in [1.165, 1.54) is 9.30 Å². The Bertz CT molecular complexity index is 987. The molecular formula is C19H21BrN3O3+. The molecule has 0 aliphatic rings. The summed E-state index contributed by atoms with van der Waals surface area (Å²) in [5.41, 5.74) is 2.36. The molecule has 2 aromatic heterocycles. The van der Waals surface area contributed by atoms with Crippen molar-refractivity contribution in [2.75, 3.05) is 21.3 Å². The number of fused-ring (bicyclic) bond motifs is 1. The van der Waals surface area contributed by atoms with Crippen LogP contribution in [-0.2, 0) is 13.1 Å². The number of quaternary nitrogens is 1. The molecule has 0 spiro atoms. The van der Waals surface area contributed by atoms with E-state index < -0.39 is 0 Å². The number of para-hydroxylation sites is 1. The van der Waals surface area contributed by atoms with Gasteiger partial charge < -0.3 is 14.4 Å². The third-order valence-corrected chi connectivity index (χ3v) is 4.61. The second-order valence-electron chi connectivity index (χ2n) is 6.12. The zero-order valence-electron chi connectivity index (χ0n) is 15.0. The van der Waals surface area contributed by atoms with Crippen molar-refractivity contribution in [3.63, 3.8) is 0 Å². The number of aromatic nitrogens is 2. The first-order valence-electron chi connectivity index (χ1n) is 8.21. The van der Waals surface area contributed by atoms with Crippen LogP contribution in [0.4, 0.5) is 0 Å². The normalized spacial score (nSPS) is 12.2. The monoisotopic (exact) mass is 418 g/mol. The fourth-order valence-corrected chi connectivity index (χ4v) is 3.34. The number of hydrogen-bond acceptors (Lipinski definition) is 4. The Hall–Kier alpha value is -2.38.